The Hall–Kier alpha value is -2.27. The zero-order valence-corrected chi connectivity index (χ0v) is 17.9. The van der Waals surface area contributed by atoms with E-state index in [9.17, 15) is 4.79 Å². The Morgan fingerprint density at radius 3 is 2.39 bits per heavy atom. The second kappa shape index (κ2) is 9.78. The van der Waals surface area contributed by atoms with Crippen LogP contribution in [0, 0.1) is 6.92 Å². The van der Waals surface area contributed by atoms with Gasteiger partial charge in [0.15, 0.2) is 5.43 Å². The predicted octanol–water partition coefficient (Wildman–Crippen LogP) is 6.11. The molecule has 0 radical (unpaired) electrons. The minimum Gasteiger partial charge on any atom is -0.497 e. The van der Waals surface area contributed by atoms with Gasteiger partial charge in [0.05, 0.1) is 19.1 Å². The SMILES string of the molecule is COc1ccc(-c2oc3cc(OCCCCCCBr)ccc3c(=O)c2C)cc1. The molecule has 1 aromatic heterocycles. The van der Waals surface area contributed by atoms with E-state index in [-0.39, 0.29) is 5.43 Å². The smallest absolute Gasteiger partial charge is 0.196 e. The van der Waals surface area contributed by atoms with Gasteiger partial charge in [-0.3, -0.25) is 4.79 Å². The largest absolute Gasteiger partial charge is 0.497 e. The lowest BCUT2D eigenvalue weighted by Crippen LogP contribution is -2.07. The normalized spacial score (nSPS) is 11.0. The molecule has 3 aromatic rings. The van der Waals surface area contributed by atoms with Crippen LogP contribution >= 0.6 is 15.9 Å². The third-order valence-corrected chi connectivity index (χ3v) is 5.30. The lowest BCUT2D eigenvalue weighted by atomic mass is 10.1. The monoisotopic (exact) mass is 444 g/mol. The van der Waals surface area contributed by atoms with Crippen molar-refractivity contribution in [3.8, 4) is 22.8 Å². The van der Waals surface area contributed by atoms with E-state index in [1.54, 1.807) is 20.1 Å². The number of halogens is 1. The molecule has 1 heterocycles. The fourth-order valence-corrected chi connectivity index (χ4v) is 3.51. The summed E-state index contributed by atoms with van der Waals surface area (Å²) in [4.78, 5) is 12.8. The molecular weight excluding hydrogens is 420 g/mol. The van der Waals surface area contributed by atoms with Crippen LogP contribution in [0.15, 0.2) is 51.7 Å². The molecule has 0 fully saturated rings. The molecule has 0 spiro atoms. The lowest BCUT2D eigenvalue weighted by Gasteiger charge is -2.10. The molecule has 0 amide bonds. The average molecular weight is 445 g/mol. The summed E-state index contributed by atoms with van der Waals surface area (Å²) in [7, 11) is 1.62. The van der Waals surface area contributed by atoms with Crippen LogP contribution in [-0.2, 0) is 0 Å². The van der Waals surface area contributed by atoms with Gasteiger partial charge in [-0.25, -0.2) is 0 Å². The topological polar surface area (TPSA) is 48.7 Å². The van der Waals surface area contributed by atoms with Crippen LogP contribution in [0.4, 0.5) is 0 Å². The minimum atomic E-state index is -0.0200. The number of ether oxygens (including phenoxy) is 2. The molecule has 0 aliphatic rings. The average Bonchev–Trinajstić information content (AvgIpc) is 2.73. The molecule has 2 aromatic carbocycles. The Bertz CT molecular complexity index is 976. The molecule has 148 valence electrons. The summed E-state index contributed by atoms with van der Waals surface area (Å²) in [6.45, 7) is 2.46. The van der Waals surface area contributed by atoms with Crippen LogP contribution < -0.4 is 14.9 Å². The fraction of sp³-hybridized carbons (Fsp3) is 0.348. The number of fused-ring (bicyclic) bond motifs is 1. The van der Waals surface area contributed by atoms with Gasteiger partial charge in [0.2, 0.25) is 0 Å². The number of benzene rings is 2. The van der Waals surface area contributed by atoms with Gasteiger partial charge < -0.3 is 13.9 Å². The number of alkyl halides is 1. The summed E-state index contributed by atoms with van der Waals surface area (Å²) in [5.74, 6) is 2.06. The van der Waals surface area contributed by atoms with Crippen LogP contribution in [0.1, 0.15) is 31.2 Å². The van der Waals surface area contributed by atoms with E-state index in [0.717, 1.165) is 35.2 Å². The highest BCUT2D eigenvalue weighted by atomic mass is 79.9. The number of rotatable bonds is 9. The van der Waals surface area contributed by atoms with Crippen molar-refractivity contribution in [2.75, 3.05) is 19.0 Å². The maximum absolute atomic E-state index is 12.8. The number of hydrogen-bond donors (Lipinski definition) is 0. The quantitative estimate of drug-likeness (QED) is 0.295. The van der Waals surface area contributed by atoms with Crippen LogP contribution in [-0.4, -0.2) is 19.0 Å². The summed E-state index contributed by atoms with van der Waals surface area (Å²) < 4.78 is 17.2. The molecule has 0 bridgehead atoms. The molecule has 0 saturated carbocycles. The zero-order valence-electron chi connectivity index (χ0n) is 16.3. The number of methoxy groups -OCH3 is 1. The summed E-state index contributed by atoms with van der Waals surface area (Å²) >= 11 is 3.45. The van der Waals surface area contributed by atoms with Gasteiger partial charge in [-0.05, 0) is 56.2 Å². The zero-order chi connectivity index (χ0) is 19.9. The minimum absolute atomic E-state index is 0.0200. The lowest BCUT2D eigenvalue weighted by molar-refractivity contribution is 0.305. The molecule has 0 N–H and O–H groups in total. The molecule has 28 heavy (non-hydrogen) atoms. The second-order valence-electron chi connectivity index (χ2n) is 6.72. The Balaban J connectivity index is 1.83. The summed E-state index contributed by atoms with van der Waals surface area (Å²) in [5.41, 5.74) is 1.96. The first-order chi connectivity index (χ1) is 13.6. The van der Waals surface area contributed by atoms with Gasteiger partial charge in [-0.2, -0.15) is 0 Å². The Morgan fingerprint density at radius 2 is 1.68 bits per heavy atom. The first kappa shape index (κ1) is 20.5. The highest BCUT2D eigenvalue weighted by Crippen LogP contribution is 2.29. The molecular formula is C23H25BrO4. The maximum atomic E-state index is 12.8. The molecule has 4 nitrogen and oxygen atoms in total. The predicted molar refractivity (Wildman–Crippen MR) is 117 cm³/mol. The van der Waals surface area contributed by atoms with Gasteiger partial charge in [-0.1, -0.05) is 28.8 Å². The van der Waals surface area contributed by atoms with Crippen LogP contribution in [0.25, 0.3) is 22.3 Å². The number of unbranched alkanes of at least 4 members (excludes halogenated alkanes) is 3. The Labute approximate surface area is 173 Å². The molecule has 0 aliphatic carbocycles. The molecule has 0 aliphatic heterocycles. The first-order valence-corrected chi connectivity index (χ1v) is 10.7. The van der Waals surface area contributed by atoms with Gasteiger partial charge >= 0.3 is 0 Å². The highest BCUT2D eigenvalue weighted by molar-refractivity contribution is 9.09. The molecule has 0 unspecified atom stereocenters. The standard InChI is InChI=1S/C23H25BrO4/c1-16-22(25)20-12-11-19(27-14-6-4-3-5-13-24)15-21(20)28-23(16)17-7-9-18(26-2)10-8-17/h7-12,15H,3-6,13-14H2,1-2H3. The summed E-state index contributed by atoms with van der Waals surface area (Å²) in [6.07, 6.45) is 4.55. The third-order valence-electron chi connectivity index (χ3n) is 4.74. The maximum Gasteiger partial charge on any atom is 0.196 e. The van der Waals surface area contributed by atoms with Crippen molar-refractivity contribution in [3.63, 3.8) is 0 Å². The van der Waals surface area contributed by atoms with Crippen molar-refractivity contribution in [1.82, 2.24) is 0 Å². The molecule has 5 heteroatoms. The van der Waals surface area contributed by atoms with Crippen molar-refractivity contribution in [2.45, 2.75) is 32.6 Å². The van der Waals surface area contributed by atoms with Crippen LogP contribution in [0.5, 0.6) is 11.5 Å². The second-order valence-corrected chi connectivity index (χ2v) is 7.52. The number of hydrogen-bond acceptors (Lipinski definition) is 4. The van der Waals surface area contributed by atoms with Crippen molar-refractivity contribution in [2.24, 2.45) is 0 Å². The van der Waals surface area contributed by atoms with E-state index < -0.39 is 0 Å². The van der Waals surface area contributed by atoms with Crippen molar-refractivity contribution in [1.29, 1.82) is 0 Å². The highest BCUT2D eigenvalue weighted by Gasteiger charge is 2.13. The summed E-state index contributed by atoms with van der Waals surface area (Å²) in [5, 5.41) is 1.62. The Kier molecular flexibility index (Phi) is 7.15. The third kappa shape index (κ3) is 4.76. The van der Waals surface area contributed by atoms with Crippen LogP contribution in [0.2, 0.25) is 0 Å². The van der Waals surface area contributed by atoms with Gasteiger partial charge in [0, 0.05) is 22.5 Å². The molecule has 3 rings (SSSR count). The molecule has 0 saturated heterocycles. The van der Waals surface area contributed by atoms with Crippen molar-refractivity contribution >= 4 is 26.9 Å². The van der Waals surface area contributed by atoms with E-state index in [1.165, 1.54) is 12.8 Å². The van der Waals surface area contributed by atoms with Gasteiger partial charge in [0.25, 0.3) is 0 Å². The van der Waals surface area contributed by atoms with Crippen LogP contribution in [0.3, 0.4) is 0 Å². The van der Waals surface area contributed by atoms with E-state index in [0.29, 0.717) is 28.9 Å². The summed E-state index contributed by atoms with van der Waals surface area (Å²) in [6, 6.07) is 12.9. The van der Waals surface area contributed by atoms with Gasteiger partial charge in [-0.15, -0.1) is 0 Å². The van der Waals surface area contributed by atoms with Crippen molar-refractivity contribution in [3.05, 3.63) is 58.3 Å². The Morgan fingerprint density at radius 1 is 0.964 bits per heavy atom. The molecule has 0 atom stereocenters. The van der Waals surface area contributed by atoms with E-state index in [2.05, 4.69) is 15.9 Å². The van der Waals surface area contributed by atoms with E-state index >= 15 is 0 Å². The van der Waals surface area contributed by atoms with E-state index in [4.69, 9.17) is 13.9 Å². The van der Waals surface area contributed by atoms with E-state index in [1.807, 2.05) is 36.4 Å². The van der Waals surface area contributed by atoms with Crippen molar-refractivity contribution < 1.29 is 13.9 Å². The van der Waals surface area contributed by atoms with Gasteiger partial charge in [0.1, 0.15) is 22.8 Å². The fourth-order valence-electron chi connectivity index (χ4n) is 3.11. The first-order valence-electron chi connectivity index (χ1n) is 9.54.